The van der Waals surface area contributed by atoms with E-state index in [4.69, 9.17) is 5.26 Å². The third kappa shape index (κ3) is 2.99. The number of hydrogen-bond donors (Lipinski definition) is 1. The number of nitrogens with one attached hydrogen (secondary N) is 1. The van der Waals surface area contributed by atoms with Gasteiger partial charge in [-0.3, -0.25) is 4.79 Å². The van der Waals surface area contributed by atoms with E-state index in [0.717, 1.165) is 11.1 Å². The molecule has 3 nitrogen and oxygen atoms in total. The number of carbonyl (C=O) groups excluding carboxylic acids is 1. The Labute approximate surface area is 112 Å². The van der Waals surface area contributed by atoms with Crippen molar-refractivity contribution in [2.45, 2.75) is 13.8 Å². The lowest BCUT2D eigenvalue weighted by molar-refractivity contribution is 0.102. The summed E-state index contributed by atoms with van der Waals surface area (Å²) in [5, 5.41) is 11.6. The molecule has 0 aliphatic rings. The first-order chi connectivity index (χ1) is 9.10. The number of aryl methyl sites for hydroxylation is 2. The second-order valence-corrected chi connectivity index (χ2v) is 4.47. The van der Waals surface area contributed by atoms with Gasteiger partial charge in [0.15, 0.2) is 0 Å². The van der Waals surface area contributed by atoms with Gasteiger partial charge >= 0.3 is 0 Å². The SMILES string of the molecule is Cc1ccc(C(=O)Nc2cccc(C#N)c2)c(C)c1. The molecule has 2 rings (SSSR count). The summed E-state index contributed by atoms with van der Waals surface area (Å²) < 4.78 is 0. The predicted molar refractivity (Wildman–Crippen MR) is 75.0 cm³/mol. The second-order valence-electron chi connectivity index (χ2n) is 4.47. The molecule has 2 aromatic carbocycles. The third-order valence-corrected chi connectivity index (χ3v) is 2.88. The zero-order chi connectivity index (χ0) is 13.8. The molecule has 1 N–H and O–H groups in total. The fourth-order valence-electron chi connectivity index (χ4n) is 1.93. The van der Waals surface area contributed by atoms with E-state index in [9.17, 15) is 4.79 Å². The standard InChI is InChI=1S/C16H14N2O/c1-11-6-7-15(12(2)8-11)16(19)18-14-5-3-4-13(9-14)10-17/h3-9H,1-2H3,(H,18,19). The largest absolute Gasteiger partial charge is 0.322 e. The highest BCUT2D eigenvalue weighted by molar-refractivity contribution is 6.05. The van der Waals surface area contributed by atoms with Gasteiger partial charge in [0, 0.05) is 11.3 Å². The first-order valence-electron chi connectivity index (χ1n) is 5.99. The average molecular weight is 250 g/mol. The van der Waals surface area contributed by atoms with E-state index >= 15 is 0 Å². The Bertz CT molecular complexity index is 669. The number of benzene rings is 2. The lowest BCUT2D eigenvalue weighted by Gasteiger charge is -2.08. The summed E-state index contributed by atoms with van der Waals surface area (Å²) in [6, 6.07) is 14.6. The molecule has 0 heterocycles. The Balaban J connectivity index is 2.23. The first kappa shape index (κ1) is 12.8. The van der Waals surface area contributed by atoms with Crippen LogP contribution in [0.4, 0.5) is 5.69 Å². The van der Waals surface area contributed by atoms with E-state index in [1.165, 1.54) is 0 Å². The van der Waals surface area contributed by atoms with Crippen molar-refractivity contribution in [3.63, 3.8) is 0 Å². The monoisotopic (exact) mass is 250 g/mol. The van der Waals surface area contributed by atoms with Crippen molar-refractivity contribution in [1.29, 1.82) is 5.26 Å². The number of nitrogens with zero attached hydrogens (tertiary/aromatic N) is 1. The number of rotatable bonds is 2. The lowest BCUT2D eigenvalue weighted by Crippen LogP contribution is -2.13. The molecule has 0 saturated carbocycles. The van der Waals surface area contributed by atoms with Gasteiger partial charge < -0.3 is 5.32 Å². The lowest BCUT2D eigenvalue weighted by atomic mass is 10.1. The summed E-state index contributed by atoms with van der Waals surface area (Å²) >= 11 is 0. The quantitative estimate of drug-likeness (QED) is 0.887. The molecule has 0 bridgehead atoms. The molecular weight excluding hydrogens is 236 g/mol. The van der Waals surface area contributed by atoms with E-state index in [-0.39, 0.29) is 5.91 Å². The zero-order valence-corrected chi connectivity index (χ0v) is 10.9. The van der Waals surface area contributed by atoms with E-state index in [1.807, 2.05) is 38.1 Å². The summed E-state index contributed by atoms with van der Waals surface area (Å²) in [5.41, 5.74) is 3.87. The van der Waals surface area contributed by atoms with Crippen LogP contribution in [0, 0.1) is 25.2 Å². The van der Waals surface area contributed by atoms with Crippen LogP contribution in [-0.4, -0.2) is 5.91 Å². The van der Waals surface area contributed by atoms with Crippen LogP contribution in [0.25, 0.3) is 0 Å². The highest BCUT2D eigenvalue weighted by atomic mass is 16.1. The van der Waals surface area contributed by atoms with Crippen molar-refractivity contribution >= 4 is 11.6 Å². The van der Waals surface area contributed by atoms with Gasteiger partial charge in [0.2, 0.25) is 0 Å². The molecule has 0 atom stereocenters. The average Bonchev–Trinajstić information content (AvgIpc) is 2.38. The molecule has 0 spiro atoms. The Morgan fingerprint density at radius 1 is 1.16 bits per heavy atom. The summed E-state index contributed by atoms with van der Waals surface area (Å²) in [4.78, 5) is 12.2. The molecule has 0 radical (unpaired) electrons. The summed E-state index contributed by atoms with van der Waals surface area (Å²) in [7, 11) is 0. The smallest absolute Gasteiger partial charge is 0.255 e. The molecular formula is C16H14N2O. The molecule has 0 aliphatic heterocycles. The molecule has 0 aliphatic carbocycles. The molecule has 3 heteroatoms. The Kier molecular flexibility index (Phi) is 3.63. The van der Waals surface area contributed by atoms with Gasteiger partial charge in [0.05, 0.1) is 11.6 Å². The van der Waals surface area contributed by atoms with Gasteiger partial charge in [-0.2, -0.15) is 5.26 Å². The molecule has 0 fully saturated rings. The van der Waals surface area contributed by atoms with Gasteiger partial charge in [-0.25, -0.2) is 0 Å². The Hall–Kier alpha value is -2.60. The summed E-state index contributed by atoms with van der Waals surface area (Å²) in [6.07, 6.45) is 0. The van der Waals surface area contributed by atoms with Gasteiger partial charge in [0.1, 0.15) is 0 Å². The molecule has 2 aromatic rings. The van der Waals surface area contributed by atoms with Crippen molar-refractivity contribution in [1.82, 2.24) is 0 Å². The Morgan fingerprint density at radius 2 is 1.95 bits per heavy atom. The molecule has 1 amide bonds. The van der Waals surface area contributed by atoms with Crippen LogP contribution in [0.1, 0.15) is 27.0 Å². The van der Waals surface area contributed by atoms with Crippen molar-refractivity contribution in [3.05, 3.63) is 64.7 Å². The molecule has 19 heavy (non-hydrogen) atoms. The fraction of sp³-hybridized carbons (Fsp3) is 0.125. The molecule has 94 valence electrons. The van der Waals surface area contributed by atoms with Gasteiger partial charge in [-0.1, -0.05) is 23.8 Å². The topological polar surface area (TPSA) is 52.9 Å². The number of anilines is 1. The summed E-state index contributed by atoms with van der Waals surface area (Å²) in [6.45, 7) is 3.90. The predicted octanol–water partition coefficient (Wildman–Crippen LogP) is 3.43. The maximum Gasteiger partial charge on any atom is 0.255 e. The maximum absolute atomic E-state index is 12.2. The molecule has 0 aromatic heterocycles. The van der Waals surface area contributed by atoms with E-state index in [1.54, 1.807) is 24.3 Å². The molecule has 0 unspecified atom stereocenters. The van der Waals surface area contributed by atoms with Crippen molar-refractivity contribution in [2.75, 3.05) is 5.32 Å². The normalized spacial score (nSPS) is 9.74. The van der Waals surface area contributed by atoms with Crippen LogP contribution in [0.15, 0.2) is 42.5 Å². The minimum Gasteiger partial charge on any atom is -0.322 e. The fourth-order valence-corrected chi connectivity index (χ4v) is 1.93. The van der Waals surface area contributed by atoms with Crippen LogP contribution in [-0.2, 0) is 0 Å². The highest BCUT2D eigenvalue weighted by Crippen LogP contribution is 2.15. The zero-order valence-electron chi connectivity index (χ0n) is 10.9. The van der Waals surface area contributed by atoms with E-state index in [2.05, 4.69) is 5.32 Å². The van der Waals surface area contributed by atoms with Gasteiger partial charge in [-0.15, -0.1) is 0 Å². The maximum atomic E-state index is 12.2. The number of carbonyl (C=O) groups is 1. The van der Waals surface area contributed by atoms with E-state index < -0.39 is 0 Å². The van der Waals surface area contributed by atoms with Crippen LogP contribution in [0.5, 0.6) is 0 Å². The first-order valence-corrected chi connectivity index (χ1v) is 5.99. The highest BCUT2D eigenvalue weighted by Gasteiger charge is 2.09. The van der Waals surface area contributed by atoms with Crippen LogP contribution < -0.4 is 5.32 Å². The van der Waals surface area contributed by atoms with E-state index in [0.29, 0.717) is 16.8 Å². The van der Waals surface area contributed by atoms with Crippen LogP contribution >= 0.6 is 0 Å². The van der Waals surface area contributed by atoms with Crippen molar-refractivity contribution in [2.24, 2.45) is 0 Å². The molecule has 0 saturated heterocycles. The second kappa shape index (κ2) is 5.36. The van der Waals surface area contributed by atoms with Crippen molar-refractivity contribution in [3.8, 4) is 6.07 Å². The van der Waals surface area contributed by atoms with Crippen LogP contribution in [0.3, 0.4) is 0 Å². The van der Waals surface area contributed by atoms with Crippen LogP contribution in [0.2, 0.25) is 0 Å². The minimum atomic E-state index is -0.160. The van der Waals surface area contributed by atoms with Crippen molar-refractivity contribution < 1.29 is 4.79 Å². The summed E-state index contributed by atoms with van der Waals surface area (Å²) in [5.74, 6) is -0.160. The van der Waals surface area contributed by atoms with Gasteiger partial charge in [-0.05, 0) is 43.7 Å². The van der Waals surface area contributed by atoms with Gasteiger partial charge in [0.25, 0.3) is 5.91 Å². The number of hydrogen-bond acceptors (Lipinski definition) is 2. The number of amides is 1. The minimum absolute atomic E-state index is 0.160. The third-order valence-electron chi connectivity index (χ3n) is 2.88. The Morgan fingerprint density at radius 3 is 2.63 bits per heavy atom. The number of nitriles is 1.